The van der Waals surface area contributed by atoms with Gasteiger partial charge in [0.2, 0.25) is 0 Å². The molecule has 4 heteroatoms. The number of fused-ring (bicyclic) bond motifs is 1. The standard InChI is InChI=1S/C31H31NO3/c1-3-34-31(33)18-17-27-16-14-25(23-35-29-11-5-4-6-12-29)22-30(27)32(2)20-19-24-13-15-26-9-7-8-10-28(26)21-24/h4-18,21-22H,3,19-20,23H2,1-2H3/b18-17+. The van der Waals surface area contributed by atoms with Crippen molar-refractivity contribution in [3.05, 3.63) is 114 Å². The molecular formula is C31H31NO3. The summed E-state index contributed by atoms with van der Waals surface area (Å²) in [6.45, 7) is 3.47. The quantitative estimate of drug-likeness (QED) is 0.194. The van der Waals surface area contributed by atoms with Gasteiger partial charge in [0.25, 0.3) is 0 Å². The van der Waals surface area contributed by atoms with Crippen LogP contribution in [0.2, 0.25) is 0 Å². The molecule has 0 amide bonds. The van der Waals surface area contributed by atoms with Gasteiger partial charge < -0.3 is 14.4 Å². The highest BCUT2D eigenvalue weighted by Crippen LogP contribution is 2.25. The Kier molecular flexibility index (Phi) is 8.18. The van der Waals surface area contributed by atoms with Crippen LogP contribution in [0.15, 0.2) is 97.1 Å². The van der Waals surface area contributed by atoms with Crippen molar-refractivity contribution in [3.8, 4) is 5.75 Å². The molecule has 4 aromatic carbocycles. The van der Waals surface area contributed by atoms with Crippen molar-refractivity contribution in [2.24, 2.45) is 0 Å². The zero-order valence-electron chi connectivity index (χ0n) is 20.3. The van der Waals surface area contributed by atoms with E-state index in [1.165, 1.54) is 22.4 Å². The molecule has 0 saturated heterocycles. The van der Waals surface area contributed by atoms with Crippen molar-refractivity contribution in [3.63, 3.8) is 0 Å². The smallest absolute Gasteiger partial charge is 0.330 e. The van der Waals surface area contributed by atoms with Crippen molar-refractivity contribution in [1.29, 1.82) is 0 Å². The van der Waals surface area contributed by atoms with Crippen LogP contribution in [0.3, 0.4) is 0 Å². The van der Waals surface area contributed by atoms with E-state index in [1.807, 2.05) is 48.5 Å². The Bertz CT molecular complexity index is 1300. The molecule has 178 valence electrons. The van der Waals surface area contributed by atoms with Crippen LogP contribution in [0.25, 0.3) is 16.8 Å². The topological polar surface area (TPSA) is 38.8 Å². The molecule has 4 aromatic rings. The monoisotopic (exact) mass is 465 g/mol. The summed E-state index contributed by atoms with van der Waals surface area (Å²) in [4.78, 5) is 14.1. The summed E-state index contributed by atoms with van der Waals surface area (Å²) in [5.74, 6) is 0.499. The molecule has 0 atom stereocenters. The van der Waals surface area contributed by atoms with E-state index in [-0.39, 0.29) is 5.97 Å². The van der Waals surface area contributed by atoms with Gasteiger partial charge in [-0.15, -0.1) is 0 Å². The first-order valence-electron chi connectivity index (χ1n) is 12.0. The van der Waals surface area contributed by atoms with Gasteiger partial charge in [-0.2, -0.15) is 0 Å². The van der Waals surface area contributed by atoms with Crippen LogP contribution in [0.4, 0.5) is 5.69 Å². The van der Waals surface area contributed by atoms with Crippen molar-refractivity contribution in [2.75, 3.05) is 25.1 Å². The van der Waals surface area contributed by atoms with E-state index < -0.39 is 0 Å². The summed E-state index contributed by atoms with van der Waals surface area (Å²) >= 11 is 0. The number of esters is 1. The molecule has 0 spiro atoms. The van der Waals surface area contributed by atoms with E-state index in [1.54, 1.807) is 6.92 Å². The summed E-state index contributed by atoms with van der Waals surface area (Å²) < 4.78 is 11.0. The second kappa shape index (κ2) is 11.9. The number of carbonyl (C=O) groups excluding carboxylic acids is 1. The average Bonchev–Trinajstić information content (AvgIpc) is 2.90. The largest absolute Gasteiger partial charge is 0.489 e. The SMILES string of the molecule is CCOC(=O)/C=C/c1ccc(COc2ccccc2)cc1N(C)CCc1ccc2ccccc2c1. The second-order valence-corrected chi connectivity index (χ2v) is 8.43. The van der Waals surface area contributed by atoms with Crippen LogP contribution in [0.1, 0.15) is 23.6 Å². The van der Waals surface area contributed by atoms with Crippen LogP contribution in [0.5, 0.6) is 5.75 Å². The van der Waals surface area contributed by atoms with E-state index >= 15 is 0 Å². The second-order valence-electron chi connectivity index (χ2n) is 8.43. The summed E-state index contributed by atoms with van der Waals surface area (Å²) in [7, 11) is 2.08. The molecule has 0 bridgehead atoms. The maximum Gasteiger partial charge on any atom is 0.330 e. The minimum atomic E-state index is -0.339. The van der Waals surface area contributed by atoms with Gasteiger partial charge in [0.15, 0.2) is 0 Å². The fourth-order valence-corrected chi connectivity index (χ4v) is 3.99. The molecule has 0 aromatic heterocycles. The first kappa shape index (κ1) is 24.1. The number of nitrogens with zero attached hydrogens (tertiary/aromatic N) is 1. The summed E-state index contributed by atoms with van der Waals surface area (Å²) in [6.07, 6.45) is 4.22. The highest BCUT2D eigenvalue weighted by atomic mass is 16.5. The van der Waals surface area contributed by atoms with Crippen molar-refractivity contribution in [1.82, 2.24) is 0 Å². The Hall–Kier alpha value is -4.05. The maximum absolute atomic E-state index is 11.9. The van der Waals surface area contributed by atoms with Gasteiger partial charge in [-0.1, -0.05) is 72.8 Å². The normalized spacial score (nSPS) is 11.0. The number of carbonyl (C=O) groups is 1. The van der Waals surface area contributed by atoms with Crippen LogP contribution >= 0.6 is 0 Å². The predicted molar refractivity (Wildman–Crippen MR) is 144 cm³/mol. The van der Waals surface area contributed by atoms with Crippen LogP contribution < -0.4 is 9.64 Å². The Morgan fingerprint density at radius 3 is 2.40 bits per heavy atom. The van der Waals surface area contributed by atoms with Gasteiger partial charge in [0, 0.05) is 25.4 Å². The van der Waals surface area contributed by atoms with Gasteiger partial charge in [-0.25, -0.2) is 4.79 Å². The molecular weight excluding hydrogens is 434 g/mol. The van der Waals surface area contributed by atoms with E-state index in [9.17, 15) is 4.79 Å². The summed E-state index contributed by atoms with van der Waals surface area (Å²) in [6, 6.07) is 31.1. The van der Waals surface area contributed by atoms with E-state index in [4.69, 9.17) is 9.47 Å². The van der Waals surface area contributed by atoms with Crippen molar-refractivity contribution >= 4 is 28.5 Å². The molecule has 35 heavy (non-hydrogen) atoms. The van der Waals surface area contributed by atoms with Crippen LogP contribution in [0, 0.1) is 0 Å². The Morgan fingerprint density at radius 1 is 0.857 bits per heavy atom. The highest BCUT2D eigenvalue weighted by molar-refractivity contribution is 5.88. The third-order valence-corrected chi connectivity index (χ3v) is 5.89. The number of ether oxygens (including phenoxy) is 2. The average molecular weight is 466 g/mol. The third kappa shape index (κ3) is 6.73. The molecule has 0 aliphatic carbocycles. The molecule has 0 aliphatic rings. The fourth-order valence-electron chi connectivity index (χ4n) is 3.99. The van der Waals surface area contributed by atoms with E-state index in [2.05, 4.69) is 60.5 Å². The van der Waals surface area contributed by atoms with Gasteiger partial charge >= 0.3 is 5.97 Å². The first-order chi connectivity index (χ1) is 17.1. The third-order valence-electron chi connectivity index (χ3n) is 5.89. The Labute approximate surface area is 207 Å². The lowest BCUT2D eigenvalue weighted by Gasteiger charge is -2.23. The van der Waals surface area contributed by atoms with Crippen LogP contribution in [-0.2, 0) is 22.6 Å². The van der Waals surface area contributed by atoms with Gasteiger partial charge in [-0.3, -0.25) is 0 Å². The van der Waals surface area contributed by atoms with Crippen LogP contribution in [-0.4, -0.2) is 26.2 Å². The number of hydrogen-bond acceptors (Lipinski definition) is 4. The number of hydrogen-bond donors (Lipinski definition) is 0. The molecule has 0 aliphatic heterocycles. The summed E-state index contributed by atoms with van der Waals surface area (Å²) in [5.41, 5.74) is 4.36. The lowest BCUT2D eigenvalue weighted by molar-refractivity contribution is -0.137. The molecule has 0 heterocycles. The lowest BCUT2D eigenvalue weighted by Crippen LogP contribution is -2.21. The lowest BCUT2D eigenvalue weighted by atomic mass is 10.0. The fraction of sp³-hybridized carbons (Fsp3) is 0.194. The van der Waals surface area contributed by atoms with Crippen molar-refractivity contribution in [2.45, 2.75) is 20.0 Å². The van der Waals surface area contributed by atoms with E-state index in [0.29, 0.717) is 13.2 Å². The number of anilines is 1. The molecule has 0 radical (unpaired) electrons. The zero-order valence-corrected chi connectivity index (χ0v) is 20.3. The molecule has 4 rings (SSSR count). The minimum absolute atomic E-state index is 0.339. The highest BCUT2D eigenvalue weighted by Gasteiger charge is 2.10. The Balaban J connectivity index is 1.52. The number of rotatable bonds is 10. The van der Waals surface area contributed by atoms with Gasteiger partial charge in [0.1, 0.15) is 12.4 Å². The van der Waals surface area contributed by atoms with Gasteiger partial charge in [0.05, 0.1) is 6.61 Å². The van der Waals surface area contributed by atoms with Crippen molar-refractivity contribution < 1.29 is 14.3 Å². The van der Waals surface area contributed by atoms with E-state index in [0.717, 1.165) is 35.5 Å². The predicted octanol–water partition coefficient (Wildman–Crippen LogP) is 6.67. The maximum atomic E-state index is 11.9. The first-order valence-corrected chi connectivity index (χ1v) is 12.0. The molecule has 4 nitrogen and oxygen atoms in total. The van der Waals surface area contributed by atoms with Gasteiger partial charge in [-0.05, 0) is 65.1 Å². The zero-order chi connectivity index (χ0) is 24.5. The number of likely N-dealkylation sites (N-methyl/N-ethyl adjacent to an activating group) is 1. The minimum Gasteiger partial charge on any atom is -0.489 e. The molecule has 0 saturated carbocycles. The molecule has 0 unspecified atom stereocenters. The molecule has 0 N–H and O–H groups in total. The summed E-state index contributed by atoms with van der Waals surface area (Å²) in [5, 5.41) is 2.51. The molecule has 0 fully saturated rings. The number of benzene rings is 4. The number of para-hydroxylation sites is 1. The Morgan fingerprint density at radius 2 is 1.60 bits per heavy atom.